The topological polar surface area (TPSA) is 66.9 Å². The summed E-state index contributed by atoms with van der Waals surface area (Å²) in [5.41, 5.74) is 2.60. The van der Waals surface area contributed by atoms with Crippen LogP contribution in [0.5, 0.6) is 0 Å². The van der Waals surface area contributed by atoms with Crippen molar-refractivity contribution in [2.75, 3.05) is 17.2 Å². The molecule has 0 radical (unpaired) electrons. The fourth-order valence-electron chi connectivity index (χ4n) is 2.48. The minimum Gasteiger partial charge on any atom is -0.385 e. The summed E-state index contributed by atoms with van der Waals surface area (Å²) in [4.78, 5) is 21.0. The molecule has 2 aromatic heterocycles. The lowest BCUT2D eigenvalue weighted by molar-refractivity contribution is 0.102. The Balaban J connectivity index is 1.74. The van der Waals surface area contributed by atoms with Gasteiger partial charge in [0.05, 0.1) is 11.2 Å². The Hall–Kier alpha value is -3.39. The van der Waals surface area contributed by atoms with E-state index in [4.69, 9.17) is 6.42 Å². The van der Waals surface area contributed by atoms with Crippen molar-refractivity contribution in [3.05, 3.63) is 60.6 Å². The maximum Gasteiger partial charge on any atom is 0.274 e. The molecule has 0 aliphatic rings. The quantitative estimate of drug-likeness (QED) is 0.534. The molecular formula is C20H18N4O. The predicted molar refractivity (Wildman–Crippen MR) is 100 cm³/mol. The second kappa shape index (κ2) is 7.93. The first-order valence-corrected chi connectivity index (χ1v) is 8.06. The van der Waals surface area contributed by atoms with Crippen LogP contribution in [0.3, 0.4) is 0 Å². The standard InChI is InChI=1S/C20H18N4O/c1-2-3-4-11-21-16-10-13-22-18(14-16)20(25)24-17-9-5-7-15-8-6-12-23-19(15)17/h1,5-10,12-14H,3-4,11H2,(H,21,22)(H,24,25). The van der Waals surface area contributed by atoms with Crippen molar-refractivity contribution in [2.45, 2.75) is 12.8 Å². The molecule has 3 rings (SSSR count). The number of pyridine rings is 2. The zero-order valence-electron chi connectivity index (χ0n) is 13.7. The number of rotatable bonds is 6. The fourth-order valence-corrected chi connectivity index (χ4v) is 2.48. The molecule has 0 fully saturated rings. The van der Waals surface area contributed by atoms with E-state index in [2.05, 4.69) is 26.5 Å². The Morgan fingerprint density at radius 1 is 1.12 bits per heavy atom. The molecule has 5 heteroatoms. The van der Waals surface area contributed by atoms with Gasteiger partial charge in [-0.1, -0.05) is 18.2 Å². The van der Waals surface area contributed by atoms with Gasteiger partial charge in [-0.3, -0.25) is 14.8 Å². The van der Waals surface area contributed by atoms with Crippen LogP contribution in [0.4, 0.5) is 11.4 Å². The van der Waals surface area contributed by atoms with Gasteiger partial charge < -0.3 is 10.6 Å². The number of benzene rings is 1. The first kappa shape index (κ1) is 16.5. The number of hydrogen-bond donors (Lipinski definition) is 2. The maximum atomic E-state index is 12.5. The molecule has 1 aromatic carbocycles. The zero-order chi connectivity index (χ0) is 17.5. The van der Waals surface area contributed by atoms with Gasteiger partial charge in [0.15, 0.2) is 0 Å². The summed E-state index contributed by atoms with van der Waals surface area (Å²) in [6.07, 6.45) is 10.2. The van der Waals surface area contributed by atoms with Gasteiger partial charge in [0, 0.05) is 36.4 Å². The molecule has 0 aliphatic carbocycles. The van der Waals surface area contributed by atoms with Crippen LogP contribution < -0.4 is 10.6 Å². The molecule has 0 saturated heterocycles. The van der Waals surface area contributed by atoms with Crippen molar-refractivity contribution in [1.29, 1.82) is 0 Å². The molecule has 0 atom stereocenters. The number of nitrogens with zero attached hydrogens (tertiary/aromatic N) is 2. The molecule has 1 amide bonds. The summed E-state index contributed by atoms with van der Waals surface area (Å²) in [6, 6.07) is 13.0. The van der Waals surface area contributed by atoms with Crippen molar-refractivity contribution in [3.63, 3.8) is 0 Å². The van der Waals surface area contributed by atoms with Gasteiger partial charge in [0.1, 0.15) is 5.69 Å². The normalized spacial score (nSPS) is 10.2. The number of carbonyl (C=O) groups is 1. The van der Waals surface area contributed by atoms with Crippen LogP contribution in [0.2, 0.25) is 0 Å². The smallest absolute Gasteiger partial charge is 0.274 e. The van der Waals surface area contributed by atoms with Gasteiger partial charge in [-0.15, -0.1) is 12.3 Å². The van der Waals surface area contributed by atoms with Crippen LogP contribution in [-0.4, -0.2) is 22.4 Å². The number of unbranched alkanes of at least 4 members (excludes halogenated alkanes) is 1. The highest BCUT2D eigenvalue weighted by Crippen LogP contribution is 2.21. The lowest BCUT2D eigenvalue weighted by Gasteiger charge is -2.09. The minimum atomic E-state index is -0.273. The zero-order valence-corrected chi connectivity index (χ0v) is 13.7. The van der Waals surface area contributed by atoms with Crippen molar-refractivity contribution < 1.29 is 4.79 Å². The molecule has 2 N–H and O–H groups in total. The van der Waals surface area contributed by atoms with E-state index in [9.17, 15) is 4.79 Å². The van der Waals surface area contributed by atoms with Crippen LogP contribution in [0.15, 0.2) is 54.9 Å². The Labute approximate surface area is 146 Å². The van der Waals surface area contributed by atoms with Gasteiger partial charge >= 0.3 is 0 Å². The molecule has 0 unspecified atom stereocenters. The molecule has 0 bridgehead atoms. The maximum absolute atomic E-state index is 12.5. The average molecular weight is 330 g/mol. The number of para-hydroxylation sites is 1. The molecule has 0 spiro atoms. The molecule has 124 valence electrons. The Kier molecular flexibility index (Phi) is 5.22. The Morgan fingerprint density at radius 2 is 2.00 bits per heavy atom. The summed E-state index contributed by atoms with van der Waals surface area (Å²) < 4.78 is 0. The SMILES string of the molecule is C#CCCCNc1ccnc(C(=O)Nc2cccc3cccnc23)c1. The highest BCUT2D eigenvalue weighted by Gasteiger charge is 2.10. The van der Waals surface area contributed by atoms with Gasteiger partial charge in [0.2, 0.25) is 0 Å². The Morgan fingerprint density at radius 3 is 2.88 bits per heavy atom. The summed E-state index contributed by atoms with van der Waals surface area (Å²) in [7, 11) is 0. The Bertz CT molecular complexity index is 925. The number of hydrogen-bond acceptors (Lipinski definition) is 4. The number of amides is 1. The summed E-state index contributed by atoms with van der Waals surface area (Å²) in [5.74, 6) is 2.33. The van der Waals surface area contributed by atoms with Gasteiger partial charge in [0.25, 0.3) is 5.91 Å². The number of nitrogens with one attached hydrogen (secondary N) is 2. The molecule has 25 heavy (non-hydrogen) atoms. The van der Waals surface area contributed by atoms with Crippen LogP contribution in [-0.2, 0) is 0 Å². The third-order valence-corrected chi connectivity index (χ3v) is 3.70. The van der Waals surface area contributed by atoms with E-state index < -0.39 is 0 Å². The van der Waals surface area contributed by atoms with Crippen molar-refractivity contribution in [2.24, 2.45) is 0 Å². The number of carbonyl (C=O) groups excluding carboxylic acids is 1. The highest BCUT2D eigenvalue weighted by atomic mass is 16.1. The van der Waals surface area contributed by atoms with Crippen molar-refractivity contribution in [3.8, 4) is 12.3 Å². The third-order valence-electron chi connectivity index (χ3n) is 3.70. The number of anilines is 2. The molecule has 3 aromatic rings. The van der Waals surface area contributed by atoms with E-state index in [1.54, 1.807) is 18.5 Å². The monoisotopic (exact) mass is 330 g/mol. The average Bonchev–Trinajstić information content (AvgIpc) is 2.66. The molecule has 5 nitrogen and oxygen atoms in total. The first-order valence-electron chi connectivity index (χ1n) is 8.06. The highest BCUT2D eigenvalue weighted by molar-refractivity contribution is 6.07. The predicted octanol–water partition coefficient (Wildman–Crippen LogP) is 3.71. The van der Waals surface area contributed by atoms with Crippen molar-refractivity contribution in [1.82, 2.24) is 9.97 Å². The van der Waals surface area contributed by atoms with E-state index in [0.717, 1.165) is 36.0 Å². The van der Waals surface area contributed by atoms with Crippen molar-refractivity contribution >= 4 is 28.2 Å². The molecule has 0 aliphatic heterocycles. The lowest BCUT2D eigenvalue weighted by Crippen LogP contribution is -2.14. The van der Waals surface area contributed by atoms with Crippen LogP contribution in [0.25, 0.3) is 10.9 Å². The molecular weight excluding hydrogens is 312 g/mol. The minimum absolute atomic E-state index is 0.273. The summed E-state index contributed by atoms with van der Waals surface area (Å²) >= 11 is 0. The number of fused-ring (bicyclic) bond motifs is 1. The van der Waals surface area contributed by atoms with Crippen LogP contribution in [0.1, 0.15) is 23.3 Å². The first-order chi connectivity index (χ1) is 12.3. The van der Waals surface area contributed by atoms with E-state index in [1.807, 2.05) is 36.4 Å². The van der Waals surface area contributed by atoms with Gasteiger partial charge in [-0.25, -0.2) is 0 Å². The summed E-state index contributed by atoms with van der Waals surface area (Å²) in [5, 5.41) is 7.10. The second-order valence-corrected chi connectivity index (χ2v) is 5.50. The van der Waals surface area contributed by atoms with E-state index in [1.165, 1.54) is 0 Å². The largest absolute Gasteiger partial charge is 0.385 e. The fraction of sp³-hybridized carbons (Fsp3) is 0.150. The van der Waals surface area contributed by atoms with E-state index in [-0.39, 0.29) is 5.91 Å². The molecule has 2 heterocycles. The third kappa shape index (κ3) is 4.12. The summed E-state index contributed by atoms with van der Waals surface area (Å²) in [6.45, 7) is 0.752. The second-order valence-electron chi connectivity index (χ2n) is 5.50. The van der Waals surface area contributed by atoms with E-state index in [0.29, 0.717) is 11.4 Å². The van der Waals surface area contributed by atoms with Gasteiger partial charge in [-0.2, -0.15) is 0 Å². The van der Waals surface area contributed by atoms with Crippen LogP contribution in [0, 0.1) is 12.3 Å². The number of terminal acetylenes is 1. The molecule has 0 saturated carbocycles. The van der Waals surface area contributed by atoms with Gasteiger partial charge in [-0.05, 0) is 30.7 Å². The van der Waals surface area contributed by atoms with Crippen LogP contribution >= 0.6 is 0 Å². The lowest BCUT2D eigenvalue weighted by atomic mass is 10.2. The van der Waals surface area contributed by atoms with E-state index >= 15 is 0 Å². The number of aromatic nitrogens is 2.